The maximum atomic E-state index is 11.1. The van der Waals surface area contributed by atoms with Gasteiger partial charge in [0.1, 0.15) is 6.61 Å². The Kier molecular flexibility index (Phi) is 4.12. The molecule has 4 nitrogen and oxygen atoms in total. The van der Waals surface area contributed by atoms with Crippen molar-refractivity contribution < 1.29 is 19.4 Å². The van der Waals surface area contributed by atoms with Crippen molar-refractivity contribution in [3.05, 3.63) is 35.4 Å². The summed E-state index contributed by atoms with van der Waals surface area (Å²) >= 11 is 0. The number of rotatable bonds is 4. The van der Waals surface area contributed by atoms with Crippen molar-refractivity contribution in [1.82, 2.24) is 0 Å². The molecule has 92 valence electrons. The van der Waals surface area contributed by atoms with Crippen LogP contribution < -0.4 is 0 Å². The van der Waals surface area contributed by atoms with Gasteiger partial charge in [0.2, 0.25) is 0 Å². The molecule has 1 atom stereocenters. The molecule has 0 radical (unpaired) electrons. The molecular formula is C13H16O4. The van der Waals surface area contributed by atoms with Crippen LogP contribution in [0.15, 0.2) is 24.3 Å². The molecule has 1 N–H and O–H groups in total. The van der Waals surface area contributed by atoms with Crippen molar-refractivity contribution >= 4 is 5.97 Å². The zero-order chi connectivity index (χ0) is 12.1. The Labute approximate surface area is 100 Å². The van der Waals surface area contributed by atoms with Gasteiger partial charge in [0.05, 0.1) is 6.10 Å². The monoisotopic (exact) mass is 236 g/mol. The number of aryl methyl sites for hydroxylation is 1. The Bertz CT molecular complexity index is 389. The molecule has 0 bridgehead atoms. The third-order valence-electron chi connectivity index (χ3n) is 2.94. The second-order valence-electron chi connectivity index (χ2n) is 4.04. The van der Waals surface area contributed by atoms with Crippen LogP contribution in [-0.4, -0.2) is 24.5 Å². The van der Waals surface area contributed by atoms with E-state index < -0.39 is 12.8 Å². The first-order chi connectivity index (χ1) is 8.31. The highest BCUT2D eigenvalue weighted by atomic mass is 16.6. The van der Waals surface area contributed by atoms with Crippen LogP contribution in [0.5, 0.6) is 0 Å². The molecule has 0 spiro atoms. The second kappa shape index (κ2) is 5.80. The molecule has 0 heterocycles. The number of hydrogen-bond acceptors (Lipinski definition) is 4. The van der Waals surface area contributed by atoms with E-state index in [0.717, 1.165) is 24.8 Å². The fourth-order valence-electron chi connectivity index (χ4n) is 2.16. The smallest absolute Gasteiger partial charge is 0.334 e. The first kappa shape index (κ1) is 12.1. The van der Waals surface area contributed by atoms with Gasteiger partial charge in [-0.2, -0.15) is 0 Å². The lowest BCUT2D eigenvalue weighted by molar-refractivity contribution is -0.159. The normalized spacial score (nSPS) is 18.5. The molecule has 0 aromatic heterocycles. The molecule has 0 aliphatic heterocycles. The van der Waals surface area contributed by atoms with E-state index in [0.29, 0.717) is 0 Å². The Morgan fingerprint density at radius 3 is 3.06 bits per heavy atom. The number of fused-ring (bicyclic) bond motifs is 1. The molecular weight excluding hydrogens is 220 g/mol. The fraction of sp³-hybridized carbons (Fsp3) is 0.462. The summed E-state index contributed by atoms with van der Waals surface area (Å²) in [6.07, 6.45) is 3.02. The van der Waals surface area contributed by atoms with E-state index in [4.69, 9.17) is 9.84 Å². The van der Waals surface area contributed by atoms with Crippen molar-refractivity contribution in [1.29, 1.82) is 0 Å². The number of carbonyl (C=O) groups is 1. The Morgan fingerprint density at radius 2 is 2.24 bits per heavy atom. The largest absolute Gasteiger partial charge is 0.437 e. The lowest BCUT2D eigenvalue weighted by atomic mass is 9.89. The molecule has 0 saturated heterocycles. The van der Waals surface area contributed by atoms with Gasteiger partial charge in [0, 0.05) is 0 Å². The van der Waals surface area contributed by atoms with Crippen molar-refractivity contribution in [2.75, 3.05) is 13.4 Å². The molecule has 2 rings (SSSR count). The quantitative estimate of drug-likeness (QED) is 0.637. The van der Waals surface area contributed by atoms with E-state index in [1.54, 1.807) is 0 Å². The van der Waals surface area contributed by atoms with Crippen molar-refractivity contribution in [2.24, 2.45) is 0 Å². The number of benzene rings is 1. The maximum absolute atomic E-state index is 11.1. The summed E-state index contributed by atoms with van der Waals surface area (Å²) < 4.78 is 9.95. The predicted molar refractivity (Wildman–Crippen MR) is 61.3 cm³/mol. The molecule has 1 aromatic rings. The SMILES string of the molecule is O=C(COC1CCCc2ccccc21)OCO. The molecule has 0 saturated carbocycles. The van der Waals surface area contributed by atoms with Gasteiger partial charge in [-0.1, -0.05) is 24.3 Å². The summed E-state index contributed by atoms with van der Waals surface area (Å²) in [4.78, 5) is 11.1. The summed E-state index contributed by atoms with van der Waals surface area (Å²) in [5.74, 6) is -0.532. The molecule has 1 aromatic carbocycles. The van der Waals surface area contributed by atoms with Crippen LogP contribution in [0.25, 0.3) is 0 Å². The van der Waals surface area contributed by atoms with Gasteiger partial charge in [-0.05, 0) is 30.4 Å². The minimum Gasteiger partial charge on any atom is -0.437 e. The van der Waals surface area contributed by atoms with Crippen molar-refractivity contribution in [2.45, 2.75) is 25.4 Å². The van der Waals surface area contributed by atoms with E-state index >= 15 is 0 Å². The van der Waals surface area contributed by atoms with Gasteiger partial charge in [0.25, 0.3) is 0 Å². The van der Waals surface area contributed by atoms with Crippen molar-refractivity contribution in [3.8, 4) is 0 Å². The molecule has 0 fully saturated rings. The van der Waals surface area contributed by atoms with E-state index in [-0.39, 0.29) is 12.7 Å². The topological polar surface area (TPSA) is 55.8 Å². The Hall–Kier alpha value is -1.39. The average molecular weight is 236 g/mol. The second-order valence-corrected chi connectivity index (χ2v) is 4.04. The highest BCUT2D eigenvalue weighted by molar-refractivity contribution is 5.70. The first-order valence-electron chi connectivity index (χ1n) is 5.77. The lowest BCUT2D eigenvalue weighted by Crippen LogP contribution is -2.19. The molecule has 1 aliphatic rings. The summed E-state index contributed by atoms with van der Waals surface area (Å²) in [5.41, 5.74) is 2.45. The minimum absolute atomic E-state index is 0.0359. The van der Waals surface area contributed by atoms with Crippen LogP contribution in [0.1, 0.15) is 30.1 Å². The van der Waals surface area contributed by atoms with Crippen molar-refractivity contribution in [3.63, 3.8) is 0 Å². The number of ether oxygens (including phenoxy) is 2. The lowest BCUT2D eigenvalue weighted by Gasteiger charge is -2.25. The number of hydrogen-bond donors (Lipinski definition) is 1. The van der Waals surface area contributed by atoms with Crippen LogP contribution >= 0.6 is 0 Å². The van der Waals surface area contributed by atoms with Crippen LogP contribution in [-0.2, 0) is 20.7 Å². The van der Waals surface area contributed by atoms with Gasteiger partial charge in [-0.15, -0.1) is 0 Å². The summed E-state index contributed by atoms with van der Waals surface area (Å²) in [6, 6.07) is 8.13. The zero-order valence-corrected chi connectivity index (χ0v) is 9.59. The molecule has 1 unspecified atom stereocenters. The highest BCUT2D eigenvalue weighted by Gasteiger charge is 2.21. The minimum atomic E-state index is -0.594. The highest BCUT2D eigenvalue weighted by Crippen LogP contribution is 2.32. The van der Waals surface area contributed by atoms with E-state index in [1.165, 1.54) is 5.56 Å². The molecule has 0 amide bonds. The number of aliphatic hydroxyl groups is 1. The summed E-state index contributed by atoms with van der Waals surface area (Å²) in [7, 11) is 0. The molecule has 17 heavy (non-hydrogen) atoms. The maximum Gasteiger partial charge on any atom is 0.334 e. The standard InChI is InChI=1S/C13H16O4/c14-9-17-13(15)8-16-12-7-3-5-10-4-1-2-6-11(10)12/h1-2,4,6,12,14H,3,5,7-9H2. The number of esters is 1. The Morgan fingerprint density at radius 1 is 1.41 bits per heavy atom. The van der Waals surface area contributed by atoms with E-state index in [9.17, 15) is 4.79 Å². The van der Waals surface area contributed by atoms with Crippen LogP contribution in [0.4, 0.5) is 0 Å². The third kappa shape index (κ3) is 3.05. The number of carbonyl (C=O) groups excluding carboxylic acids is 1. The van der Waals surface area contributed by atoms with Crippen LogP contribution in [0.2, 0.25) is 0 Å². The van der Waals surface area contributed by atoms with Gasteiger partial charge < -0.3 is 14.6 Å². The predicted octanol–water partition coefficient (Wildman–Crippen LogP) is 1.57. The van der Waals surface area contributed by atoms with Gasteiger partial charge in [-0.3, -0.25) is 0 Å². The number of aliphatic hydroxyl groups excluding tert-OH is 1. The average Bonchev–Trinajstić information content (AvgIpc) is 2.36. The van der Waals surface area contributed by atoms with E-state index in [2.05, 4.69) is 10.8 Å². The van der Waals surface area contributed by atoms with Gasteiger partial charge in [-0.25, -0.2) is 4.79 Å². The third-order valence-corrected chi connectivity index (χ3v) is 2.94. The Balaban J connectivity index is 1.97. The van der Waals surface area contributed by atoms with Crippen LogP contribution in [0, 0.1) is 0 Å². The molecule has 4 heteroatoms. The first-order valence-corrected chi connectivity index (χ1v) is 5.77. The van der Waals surface area contributed by atoms with Gasteiger partial charge in [0.15, 0.2) is 6.79 Å². The fourth-order valence-corrected chi connectivity index (χ4v) is 2.16. The summed E-state index contributed by atoms with van der Waals surface area (Å²) in [6.45, 7) is -0.705. The molecule has 1 aliphatic carbocycles. The van der Waals surface area contributed by atoms with Gasteiger partial charge >= 0.3 is 5.97 Å². The summed E-state index contributed by atoms with van der Waals surface area (Å²) in [5, 5.41) is 8.43. The van der Waals surface area contributed by atoms with E-state index in [1.807, 2.05) is 18.2 Å². The van der Waals surface area contributed by atoms with Crippen LogP contribution in [0.3, 0.4) is 0 Å². The zero-order valence-electron chi connectivity index (χ0n) is 9.59.